The van der Waals surface area contributed by atoms with Crippen molar-refractivity contribution in [3.63, 3.8) is 0 Å². The maximum atomic E-state index is 12.4. The molecule has 28 heavy (non-hydrogen) atoms. The molecular formula is C19H24N2O6S. The van der Waals surface area contributed by atoms with E-state index in [1.807, 2.05) is 4.72 Å². The van der Waals surface area contributed by atoms with Gasteiger partial charge in [0.2, 0.25) is 0 Å². The number of ether oxygens (including phenoxy) is 2. The maximum absolute atomic E-state index is 12.4. The van der Waals surface area contributed by atoms with Crippen LogP contribution in [0.25, 0.3) is 0 Å². The summed E-state index contributed by atoms with van der Waals surface area (Å²) in [6.07, 6.45) is 3.27. The number of nitrogens with zero attached hydrogens (tertiary/aromatic N) is 1. The Kier molecular flexibility index (Phi) is 8.37. The molecule has 0 saturated carbocycles. The number of carbonyl (C=O) groups is 1. The highest BCUT2D eigenvalue weighted by atomic mass is 32.2. The van der Waals surface area contributed by atoms with E-state index in [0.717, 1.165) is 12.8 Å². The van der Waals surface area contributed by atoms with Gasteiger partial charge in [-0.2, -0.15) is 0 Å². The fraction of sp³-hybridized carbons (Fsp3) is 0.368. The van der Waals surface area contributed by atoms with Crippen LogP contribution in [0.15, 0.2) is 47.5 Å². The van der Waals surface area contributed by atoms with E-state index in [2.05, 4.69) is 11.9 Å². The highest BCUT2D eigenvalue weighted by molar-refractivity contribution is 7.90. The van der Waals surface area contributed by atoms with Gasteiger partial charge in [0.15, 0.2) is 0 Å². The summed E-state index contributed by atoms with van der Waals surface area (Å²) in [5.41, 5.74) is 0.453. The average Bonchev–Trinajstić information content (AvgIpc) is 2.70. The maximum Gasteiger partial charge on any atom is 0.266 e. The molecule has 1 heterocycles. The van der Waals surface area contributed by atoms with Crippen molar-refractivity contribution in [2.45, 2.75) is 31.3 Å². The molecule has 1 aromatic carbocycles. The first-order valence-corrected chi connectivity index (χ1v) is 10.4. The number of aliphatic hydroxyl groups is 1. The first-order valence-electron chi connectivity index (χ1n) is 8.90. The van der Waals surface area contributed by atoms with Gasteiger partial charge in [-0.15, -0.1) is 0 Å². The van der Waals surface area contributed by atoms with Crippen molar-refractivity contribution in [1.82, 2.24) is 9.71 Å². The largest absolute Gasteiger partial charge is 0.491 e. The van der Waals surface area contributed by atoms with E-state index in [0.29, 0.717) is 31.3 Å². The monoisotopic (exact) mass is 408 g/mol. The van der Waals surface area contributed by atoms with Crippen LogP contribution in [-0.2, 0) is 21.4 Å². The Bertz CT molecular complexity index is 851. The summed E-state index contributed by atoms with van der Waals surface area (Å²) in [6.45, 7) is 3.33. The molecule has 0 aliphatic heterocycles. The zero-order valence-corrected chi connectivity index (χ0v) is 16.4. The summed E-state index contributed by atoms with van der Waals surface area (Å²) in [7, 11) is -4.03. The molecule has 0 spiro atoms. The molecule has 0 aliphatic carbocycles. The molecule has 0 saturated heterocycles. The Morgan fingerprint density at radius 1 is 1.11 bits per heavy atom. The molecule has 1 amide bonds. The molecule has 1 aromatic heterocycles. The molecular weight excluding hydrogens is 384 g/mol. The van der Waals surface area contributed by atoms with Crippen molar-refractivity contribution in [3.8, 4) is 5.75 Å². The lowest BCUT2D eigenvalue weighted by molar-refractivity contribution is 0.0978. The lowest BCUT2D eigenvalue weighted by atomic mass is 10.2. The quantitative estimate of drug-likeness (QED) is 0.546. The van der Waals surface area contributed by atoms with Crippen LogP contribution in [0.3, 0.4) is 0 Å². The number of sulfonamides is 1. The highest BCUT2D eigenvalue weighted by Crippen LogP contribution is 2.16. The number of amides is 1. The molecule has 9 heteroatoms. The minimum atomic E-state index is -4.03. The van der Waals surface area contributed by atoms with Crippen LogP contribution in [0.5, 0.6) is 5.75 Å². The molecule has 2 rings (SSSR count). The lowest BCUT2D eigenvalue weighted by Crippen LogP contribution is -2.30. The second-order valence-electron chi connectivity index (χ2n) is 5.92. The van der Waals surface area contributed by atoms with E-state index in [1.165, 1.54) is 42.6 Å². The number of aliphatic hydroxyl groups excluding tert-OH is 1. The van der Waals surface area contributed by atoms with Crippen molar-refractivity contribution >= 4 is 15.9 Å². The van der Waals surface area contributed by atoms with E-state index in [1.54, 1.807) is 0 Å². The predicted octanol–water partition coefficient (Wildman–Crippen LogP) is 1.89. The van der Waals surface area contributed by atoms with Crippen LogP contribution in [0.2, 0.25) is 0 Å². The number of rotatable bonds is 11. The Morgan fingerprint density at radius 3 is 2.46 bits per heavy atom. The predicted molar refractivity (Wildman–Crippen MR) is 102 cm³/mol. The number of carbonyl (C=O) groups excluding carboxylic acids is 1. The molecule has 0 unspecified atom stereocenters. The second-order valence-corrected chi connectivity index (χ2v) is 7.60. The third-order valence-electron chi connectivity index (χ3n) is 3.75. The normalized spacial score (nSPS) is 11.2. The first kappa shape index (κ1) is 21.8. The second kappa shape index (κ2) is 10.7. The van der Waals surface area contributed by atoms with Crippen molar-refractivity contribution < 1.29 is 27.8 Å². The minimum absolute atomic E-state index is 0.0627. The molecule has 152 valence electrons. The topological polar surface area (TPSA) is 115 Å². The van der Waals surface area contributed by atoms with E-state index >= 15 is 0 Å². The number of nitrogens with one attached hydrogen (secondary N) is 1. The molecule has 8 nitrogen and oxygen atoms in total. The summed E-state index contributed by atoms with van der Waals surface area (Å²) in [5.74, 6) is -0.297. The van der Waals surface area contributed by atoms with Crippen molar-refractivity contribution in [3.05, 3.63) is 53.9 Å². The summed E-state index contributed by atoms with van der Waals surface area (Å²) < 4.78 is 37.6. The summed E-state index contributed by atoms with van der Waals surface area (Å²) in [5, 5.41) is 8.95. The van der Waals surface area contributed by atoms with Gasteiger partial charge >= 0.3 is 0 Å². The smallest absolute Gasteiger partial charge is 0.266 e. The standard InChI is InChI=1S/C19H24N2O6S/c1-2-3-10-26-11-12-27-17-6-8-18(9-7-17)28(24,25)21-19(23)15-4-5-16(14-22)20-13-15/h4-9,13,22H,2-3,10-12,14H2,1H3,(H,21,23). The fourth-order valence-corrected chi connectivity index (χ4v) is 3.15. The molecule has 0 atom stereocenters. The van der Waals surface area contributed by atoms with Gasteiger partial charge in [-0.05, 0) is 42.8 Å². The van der Waals surface area contributed by atoms with Gasteiger partial charge in [-0.25, -0.2) is 13.1 Å². The SMILES string of the molecule is CCCCOCCOc1ccc(S(=O)(=O)NC(=O)c2ccc(CO)nc2)cc1. The van der Waals surface area contributed by atoms with Gasteiger partial charge in [-0.1, -0.05) is 13.3 Å². The molecule has 2 N–H and O–H groups in total. The summed E-state index contributed by atoms with van der Waals surface area (Å²) >= 11 is 0. The first-order chi connectivity index (χ1) is 13.5. The van der Waals surface area contributed by atoms with E-state index < -0.39 is 15.9 Å². The number of hydrogen-bond donors (Lipinski definition) is 2. The van der Waals surface area contributed by atoms with Crippen LogP contribution in [0.4, 0.5) is 0 Å². The summed E-state index contributed by atoms with van der Waals surface area (Å²) in [4.78, 5) is 15.9. The summed E-state index contributed by atoms with van der Waals surface area (Å²) in [6, 6.07) is 8.58. The van der Waals surface area contributed by atoms with Crippen molar-refractivity contribution in [2.75, 3.05) is 19.8 Å². The third-order valence-corrected chi connectivity index (χ3v) is 5.10. The Labute approximate surface area is 164 Å². The minimum Gasteiger partial charge on any atom is -0.491 e. The lowest BCUT2D eigenvalue weighted by Gasteiger charge is -2.09. The molecule has 0 radical (unpaired) electrons. The highest BCUT2D eigenvalue weighted by Gasteiger charge is 2.19. The van der Waals surface area contributed by atoms with E-state index in [4.69, 9.17) is 14.6 Å². The molecule has 2 aromatic rings. The van der Waals surface area contributed by atoms with Gasteiger partial charge in [0.25, 0.3) is 15.9 Å². The molecule has 0 fully saturated rings. The number of aromatic nitrogens is 1. The average molecular weight is 408 g/mol. The van der Waals surface area contributed by atoms with Crippen LogP contribution >= 0.6 is 0 Å². The van der Waals surface area contributed by atoms with Gasteiger partial charge in [0.05, 0.1) is 29.4 Å². The number of benzene rings is 1. The Morgan fingerprint density at radius 2 is 1.86 bits per heavy atom. The van der Waals surface area contributed by atoms with E-state index in [9.17, 15) is 13.2 Å². The third kappa shape index (κ3) is 6.59. The Balaban J connectivity index is 1.91. The van der Waals surface area contributed by atoms with Gasteiger partial charge in [0, 0.05) is 12.8 Å². The van der Waals surface area contributed by atoms with Crippen LogP contribution in [-0.4, -0.2) is 44.2 Å². The van der Waals surface area contributed by atoms with Crippen LogP contribution in [0, 0.1) is 0 Å². The number of unbranched alkanes of at least 4 members (excludes halogenated alkanes) is 1. The van der Waals surface area contributed by atoms with E-state index in [-0.39, 0.29) is 17.1 Å². The van der Waals surface area contributed by atoms with Crippen molar-refractivity contribution in [2.24, 2.45) is 0 Å². The molecule has 0 aliphatic rings. The van der Waals surface area contributed by atoms with Gasteiger partial charge < -0.3 is 14.6 Å². The fourth-order valence-electron chi connectivity index (χ4n) is 2.17. The molecule has 0 bridgehead atoms. The van der Waals surface area contributed by atoms with Crippen LogP contribution in [0.1, 0.15) is 35.8 Å². The zero-order valence-electron chi connectivity index (χ0n) is 15.6. The van der Waals surface area contributed by atoms with Crippen molar-refractivity contribution in [1.29, 1.82) is 0 Å². The van der Waals surface area contributed by atoms with Gasteiger partial charge in [0.1, 0.15) is 12.4 Å². The number of hydrogen-bond acceptors (Lipinski definition) is 7. The zero-order chi connectivity index (χ0) is 20.4. The van der Waals surface area contributed by atoms with Gasteiger partial charge in [-0.3, -0.25) is 9.78 Å². The number of pyridine rings is 1. The Hall–Kier alpha value is -2.49. The van der Waals surface area contributed by atoms with Crippen LogP contribution < -0.4 is 9.46 Å².